The minimum absolute atomic E-state index is 0.0103. The minimum Gasteiger partial charge on any atom is -0.477 e. The third-order valence-electron chi connectivity index (χ3n) is 8.08. The Balaban J connectivity index is 1.50. The number of nitrogens with zero attached hydrogens (tertiary/aromatic N) is 7. The molecule has 45 heavy (non-hydrogen) atoms. The van der Waals surface area contributed by atoms with Crippen molar-refractivity contribution in [2.75, 3.05) is 52.4 Å². The van der Waals surface area contributed by atoms with Gasteiger partial charge >= 0.3 is 6.09 Å². The maximum atomic E-state index is 13.7. The van der Waals surface area contributed by atoms with Crippen molar-refractivity contribution in [1.29, 1.82) is 0 Å². The topological polar surface area (TPSA) is 156 Å². The summed E-state index contributed by atoms with van der Waals surface area (Å²) in [5.74, 6) is 0.343. The van der Waals surface area contributed by atoms with Gasteiger partial charge in [0, 0.05) is 39.3 Å². The lowest BCUT2D eigenvalue weighted by atomic mass is 10.1. The standard InChI is InChI=1S/C30H44N8O6S/c1-7-10-15-43-28-22(16-21(17-31-28)45(41,42)37-13-11-35(9-3)12-14-37)26-32-24-23(8-2)38(34-25(24)27(39)33-26)20-18-36(19-20)29(40)44-30(4,5)6/h16-17,20H,7-15,18-19H2,1-6H3,(H,32,33,39). The van der Waals surface area contributed by atoms with Crippen LogP contribution >= 0.6 is 0 Å². The molecule has 2 saturated heterocycles. The number of H-pyrrole nitrogens is 1. The number of ether oxygens (including phenoxy) is 2. The van der Waals surface area contributed by atoms with Crippen molar-refractivity contribution >= 4 is 27.1 Å². The van der Waals surface area contributed by atoms with Gasteiger partial charge in [-0.2, -0.15) is 9.40 Å². The molecule has 2 aliphatic heterocycles. The van der Waals surface area contributed by atoms with Crippen molar-refractivity contribution in [2.24, 2.45) is 0 Å². The van der Waals surface area contributed by atoms with Crippen molar-refractivity contribution in [2.45, 2.75) is 77.3 Å². The molecule has 0 bridgehead atoms. The summed E-state index contributed by atoms with van der Waals surface area (Å²) in [5, 5.41) is 4.60. The number of piperazine rings is 1. The second kappa shape index (κ2) is 13.0. The quantitative estimate of drug-likeness (QED) is 0.326. The minimum atomic E-state index is -3.85. The number of sulfonamides is 1. The van der Waals surface area contributed by atoms with E-state index in [2.05, 4.69) is 26.9 Å². The summed E-state index contributed by atoms with van der Waals surface area (Å²) < 4.78 is 42.0. The van der Waals surface area contributed by atoms with Gasteiger partial charge in [-0.05, 0) is 46.2 Å². The van der Waals surface area contributed by atoms with E-state index >= 15 is 0 Å². The molecule has 5 rings (SSSR count). The fourth-order valence-electron chi connectivity index (χ4n) is 5.49. The Morgan fingerprint density at radius 3 is 2.42 bits per heavy atom. The van der Waals surface area contributed by atoms with Crippen LogP contribution in [0.1, 0.15) is 66.1 Å². The molecule has 5 heterocycles. The van der Waals surface area contributed by atoms with Crippen LogP contribution in [0.2, 0.25) is 0 Å². The number of fused-ring (bicyclic) bond motifs is 1. The molecule has 0 spiro atoms. The Morgan fingerprint density at radius 1 is 1.09 bits per heavy atom. The number of aryl methyl sites for hydroxylation is 1. The number of hydrogen-bond donors (Lipinski definition) is 1. The second-order valence-corrected chi connectivity index (χ2v) is 14.4. The zero-order chi connectivity index (χ0) is 32.5. The third-order valence-corrected chi connectivity index (χ3v) is 9.95. The smallest absolute Gasteiger partial charge is 0.410 e. The zero-order valence-electron chi connectivity index (χ0n) is 27.0. The van der Waals surface area contributed by atoms with E-state index in [4.69, 9.17) is 14.5 Å². The van der Waals surface area contributed by atoms with Gasteiger partial charge in [0.15, 0.2) is 5.52 Å². The van der Waals surface area contributed by atoms with E-state index in [0.717, 1.165) is 25.1 Å². The van der Waals surface area contributed by atoms with Crippen LogP contribution in [-0.4, -0.2) is 111 Å². The first-order valence-corrected chi connectivity index (χ1v) is 17.1. The second-order valence-electron chi connectivity index (χ2n) is 12.5. The molecule has 0 atom stereocenters. The molecular formula is C30H44N8O6S. The van der Waals surface area contributed by atoms with Crippen LogP contribution in [0.3, 0.4) is 0 Å². The number of carbonyl (C=O) groups excluding carboxylic acids is 1. The van der Waals surface area contributed by atoms with Crippen LogP contribution in [0.25, 0.3) is 22.4 Å². The fraction of sp³-hybridized carbons (Fsp3) is 0.633. The molecule has 0 unspecified atom stereocenters. The number of hydrogen-bond acceptors (Lipinski definition) is 10. The molecule has 246 valence electrons. The van der Waals surface area contributed by atoms with E-state index in [0.29, 0.717) is 57.8 Å². The van der Waals surface area contributed by atoms with Crippen LogP contribution in [0.5, 0.6) is 5.88 Å². The monoisotopic (exact) mass is 644 g/mol. The van der Waals surface area contributed by atoms with Crippen LogP contribution in [-0.2, 0) is 21.2 Å². The summed E-state index contributed by atoms with van der Waals surface area (Å²) in [6, 6.07) is 1.35. The fourth-order valence-corrected chi connectivity index (χ4v) is 6.88. The molecule has 1 N–H and O–H groups in total. The number of amides is 1. The van der Waals surface area contributed by atoms with Crippen molar-refractivity contribution in [1.82, 2.24) is 38.8 Å². The van der Waals surface area contributed by atoms with Crippen LogP contribution in [0, 0.1) is 0 Å². The average Bonchev–Trinajstić information content (AvgIpc) is 3.34. The molecule has 3 aromatic heterocycles. The molecule has 0 radical (unpaired) electrons. The van der Waals surface area contributed by atoms with E-state index in [1.165, 1.54) is 16.6 Å². The molecule has 0 aliphatic carbocycles. The first-order valence-electron chi connectivity index (χ1n) is 15.7. The SMILES string of the molecule is CCCCOc1ncc(S(=O)(=O)N2CCN(CC)CC2)cc1-c1nc2c(CC)n(C3CN(C(=O)OC(C)(C)C)C3)nc2c(=O)[nH]1. The third kappa shape index (κ3) is 6.84. The summed E-state index contributed by atoms with van der Waals surface area (Å²) in [4.78, 5) is 41.7. The van der Waals surface area contributed by atoms with Gasteiger partial charge in [-0.3, -0.25) is 9.48 Å². The highest BCUT2D eigenvalue weighted by molar-refractivity contribution is 7.89. The number of likely N-dealkylation sites (N-methyl/N-ethyl adjacent to an activating group) is 1. The average molecular weight is 645 g/mol. The number of nitrogens with one attached hydrogen (secondary N) is 1. The highest BCUT2D eigenvalue weighted by atomic mass is 32.2. The maximum absolute atomic E-state index is 13.7. The van der Waals surface area contributed by atoms with E-state index in [1.54, 1.807) is 9.58 Å². The predicted octanol–water partition coefficient (Wildman–Crippen LogP) is 3.04. The number of pyridine rings is 1. The van der Waals surface area contributed by atoms with Crippen molar-refractivity contribution in [3.63, 3.8) is 0 Å². The lowest BCUT2D eigenvalue weighted by Crippen LogP contribution is -2.52. The van der Waals surface area contributed by atoms with E-state index in [-0.39, 0.29) is 33.7 Å². The van der Waals surface area contributed by atoms with Crippen LogP contribution < -0.4 is 10.3 Å². The number of carbonyl (C=O) groups is 1. The van der Waals surface area contributed by atoms with Crippen molar-refractivity contribution < 1.29 is 22.7 Å². The summed E-state index contributed by atoms with van der Waals surface area (Å²) in [7, 11) is -3.85. The molecular weight excluding hydrogens is 600 g/mol. The lowest BCUT2D eigenvalue weighted by molar-refractivity contribution is -0.000644. The van der Waals surface area contributed by atoms with Crippen molar-refractivity contribution in [3.8, 4) is 17.3 Å². The van der Waals surface area contributed by atoms with Gasteiger partial charge in [0.1, 0.15) is 21.8 Å². The normalized spacial score (nSPS) is 17.1. The zero-order valence-corrected chi connectivity index (χ0v) is 27.8. The van der Waals surface area contributed by atoms with Gasteiger partial charge in [0.25, 0.3) is 5.56 Å². The van der Waals surface area contributed by atoms with Crippen molar-refractivity contribution in [3.05, 3.63) is 28.3 Å². The molecule has 2 aliphatic rings. The Hall–Kier alpha value is -3.56. The highest BCUT2D eigenvalue weighted by Gasteiger charge is 2.37. The lowest BCUT2D eigenvalue weighted by Gasteiger charge is -2.40. The summed E-state index contributed by atoms with van der Waals surface area (Å²) in [6.45, 7) is 15.6. The van der Waals surface area contributed by atoms with Gasteiger partial charge in [0.2, 0.25) is 15.9 Å². The molecule has 3 aromatic rings. The Labute approximate surface area is 263 Å². The van der Waals surface area contributed by atoms with Gasteiger partial charge < -0.3 is 24.3 Å². The largest absolute Gasteiger partial charge is 0.477 e. The van der Waals surface area contributed by atoms with Gasteiger partial charge in [0.05, 0.1) is 30.1 Å². The molecule has 0 aromatic carbocycles. The molecule has 0 saturated carbocycles. The Kier molecular flexibility index (Phi) is 9.52. The Morgan fingerprint density at radius 2 is 1.80 bits per heavy atom. The summed E-state index contributed by atoms with van der Waals surface area (Å²) in [5.41, 5.74) is 0.549. The van der Waals surface area contributed by atoms with Gasteiger partial charge in [-0.1, -0.05) is 27.2 Å². The number of unbranched alkanes of at least 4 members (excludes halogenated alkanes) is 1. The van der Waals surface area contributed by atoms with Crippen LogP contribution in [0.4, 0.5) is 4.79 Å². The van der Waals surface area contributed by atoms with E-state index < -0.39 is 27.3 Å². The van der Waals surface area contributed by atoms with Crippen LogP contribution in [0.15, 0.2) is 22.0 Å². The molecule has 1 amide bonds. The van der Waals surface area contributed by atoms with E-state index in [1.807, 2.05) is 34.6 Å². The molecule has 2 fully saturated rings. The highest BCUT2D eigenvalue weighted by Crippen LogP contribution is 2.32. The maximum Gasteiger partial charge on any atom is 0.410 e. The summed E-state index contributed by atoms with van der Waals surface area (Å²) in [6.07, 6.45) is 3.13. The van der Waals surface area contributed by atoms with Gasteiger partial charge in [-0.15, -0.1) is 0 Å². The van der Waals surface area contributed by atoms with Gasteiger partial charge in [-0.25, -0.2) is 23.2 Å². The first kappa shape index (κ1) is 32.8. The number of rotatable bonds is 10. The predicted molar refractivity (Wildman–Crippen MR) is 169 cm³/mol. The first-order chi connectivity index (χ1) is 21.4. The number of aromatic amines is 1. The number of aromatic nitrogens is 5. The number of likely N-dealkylation sites (tertiary alicyclic amines) is 1. The Bertz CT molecular complexity index is 1700. The molecule has 14 nitrogen and oxygen atoms in total. The summed E-state index contributed by atoms with van der Waals surface area (Å²) >= 11 is 0. The molecule has 15 heteroatoms. The van der Waals surface area contributed by atoms with E-state index in [9.17, 15) is 18.0 Å².